The van der Waals surface area contributed by atoms with Gasteiger partial charge in [-0.15, -0.1) is 0 Å². The lowest BCUT2D eigenvalue weighted by atomic mass is 10.3. The van der Waals surface area contributed by atoms with E-state index in [-0.39, 0.29) is 0 Å². The zero-order valence-corrected chi connectivity index (χ0v) is 13.3. The van der Waals surface area contributed by atoms with Crippen molar-refractivity contribution in [2.75, 3.05) is 10.6 Å². The molecule has 0 radical (unpaired) electrons. The SMILES string of the molecule is Brc1ccc(Nc2nccc(NCc3ccccn3)n2)cc1. The van der Waals surface area contributed by atoms with Crippen molar-refractivity contribution in [1.29, 1.82) is 0 Å². The van der Waals surface area contributed by atoms with Crippen molar-refractivity contribution in [1.82, 2.24) is 15.0 Å². The summed E-state index contributed by atoms with van der Waals surface area (Å²) in [5.74, 6) is 1.30. The summed E-state index contributed by atoms with van der Waals surface area (Å²) in [6.45, 7) is 0.621. The van der Waals surface area contributed by atoms with Crippen molar-refractivity contribution in [3.8, 4) is 0 Å². The van der Waals surface area contributed by atoms with Crippen LogP contribution in [0.25, 0.3) is 0 Å². The zero-order chi connectivity index (χ0) is 15.2. The van der Waals surface area contributed by atoms with Crippen LogP contribution in [0.15, 0.2) is 65.4 Å². The van der Waals surface area contributed by atoms with Gasteiger partial charge in [-0.2, -0.15) is 4.98 Å². The lowest BCUT2D eigenvalue weighted by molar-refractivity contribution is 1.02. The number of anilines is 3. The highest BCUT2D eigenvalue weighted by Crippen LogP contribution is 2.17. The Kier molecular flexibility index (Phi) is 4.60. The van der Waals surface area contributed by atoms with Crippen molar-refractivity contribution in [2.45, 2.75) is 6.54 Å². The van der Waals surface area contributed by atoms with E-state index in [9.17, 15) is 0 Å². The molecule has 0 saturated carbocycles. The number of benzene rings is 1. The summed E-state index contributed by atoms with van der Waals surface area (Å²) in [7, 11) is 0. The van der Waals surface area contributed by atoms with Gasteiger partial charge in [-0.05, 0) is 42.5 Å². The van der Waals surface area contributed by atoms with Crippen LogP contribution in [0.3, 0.4) is 0 Å². The number of halogens is 1. The first-order valence-electron chi connectivity index (χ1n) is 6.79. The molecule has 0 aliphatic heterocycles. The smallest absolute Gasteiger partial charge is 0.229 e. The van der Waals surface area contributed by atoms with E-state index in [2.05, 4.69) is 41.5 Å². The van der Waals surface area contributed by atoms with Crippen LogP contribution in [0.5, 0.6) is 0 Å². The summed E-state index contributed by atoms with van der Waals surface area (Å²) in [5.41, 5.74) is 1.90. The summed E-state index contributed by atoms with van der Waals surface area (Å²) in [6.07, 6.45) is 3.49. The van der Waals surface area contributed by atoms with Crippen LogP contribution in [0.2, 0.25) is 0 Å². The Morgan fingerprint density at radius 2 is 1.77 bits per heavy atom. The second kappa shape index (κ2) is 7.00. The van der Waals surface area contributed by atoms with Gasteiger partial charge in [-0.1, -0.05) is 22.0 Å². The van der Waals surface area contributed by atoms with Crippen LogP contribution in [0.1, 0.15) is 5.69 Å². The fourth-order valence-electron chi connectivity index (χ4n) is 1.86. The highest BCUT2D eigenvalue weighted by molar-refractivity contribution is 9.10. The lowest BCUT2D eigenvalue weighted by Gasteiger charge is -2.08. The molecule has 1 aromatic carbocycles. The van der Waals surface area contributed by atoms with Crippen LogP contribution < -0.4 is 10.6 Å². The largest absolute Gasteiger partial charge is 0.364 e. The van der Waals surface area contributed by atoms with E-state index in [1.165, 1.54) is 0 Å². The molecule has 2 heterocycles. The molecular weight excluding hydrogens is 342 g/mol. The molecule has 5 nitrogen and oxygen atoms in total. The molecule has 0 unspecified atom stereocenters. The van der Waals surface area contributed by atoms with Crippen LogP contribution in [-0.2, 0) is 6.54 Å². The van der Waals surface area contributed by atoms with E-state index >= 15 is 0 Å². The predicted octanol–water partition coefficient (Wildman–Crippen LogP) is 3.99. The van der Waals surface area contributed by atoms with Crippen LogP contribution in [-0.4, -0.2) is 15.0 Å². The van der Waals surface area contributed by atoms with Gasteiger partial charge in [0.2, 0.25) is 5.95 Å². The van der Waals surface area contributed by atoms with Crippen molar-refractivity contribution in [2.24, 2.45) is 0 Å². The standard InChI is InChI=1S/C16H14BrN5/c17-12-4-6-13(7-5-12)21-16-19-10-8-15(22-16)20-11-14-3-1-2-9-18-14/h1-10H,11H2,(H2,19,20,21,22). The van der Waals surface area contributed by atoms with E-state index in [4.69, 9.17) is 0 Å². The molecule has 0 amide bonds. The first kappa shape index (κ1) is 14.5. The highest BCUT2D eigenvalue weighted by Gasteiger charge is 2.01. The molecule has 0 saturated heterocycles. The summed E-state index contributed by atoms with van der Waals surface area (Å²) in [4.78, 5) is 12.9. The quantitative estimate of drug-likeness (QED) is 0.724. The predicted molar refractivity (Wildman–Crippen MR) is 91.0 cm³/mol. The van der Waals surface area contributed by atoms with E-state index < -0.39 is 0 Å². The Morgan fingerprint density at radius 3 is 2.55 bits per heavy atom. The highest BCUT2D eigenvalue weighted by atomic mass is 79.9. The fourth-order valence-corrected chi connectivity index (χ4v) is 2.13. The molecule has 3 rings (SSSR count). The minimum atomic E-state index is 0.549. The van der Waals surface area contributed by atoms with Crippen molar-refractivity contribution >= 4 is 33.4 Å². The maximum absolute atomic E-state index is 4.43. The second-order valence-electron chi connectivity index (χ2n) is 4.57. The van der Waals surface area contributed by atoms with Crippen LogP contribution in [0.4, 0.5) is 17.5 Å². The molecule has 2 N–H and O–H groups in total. The monoisotopic (exact) mass is 355 g/mol. The van der Waals surface area contributed by atoms with Crippen molar-refractivity contribution < 1.29 is 0 Å². The van der Waals surface area contributed by atoms with E-state index in [0.717, 1.165) is 21.7 Å². The Labute approximate surface area is 137 Å². The number of pyridine rings is 1. The fraction of sp³-hybridized carbons (Fsp3) is 0.0625. The summed E-state index contributed by atoms with van der Waals surface area (Å²) < 4.78 is 1.03. The molecule has 3 aromatic rings. The normalized spacial score (nSPS) is 10.2. The van der Waals surface area contributed by atoms with Gasteiger partial charge in [0.15, 0.2) is 0 Å². The molecule has 110 valence electrons. The molecule has 0 aliphatic rings. The van der Waals surface area contributed by atoms with E-state index in [1.807, 2.05) is 48.5 Å². The maximum Gasteiger partial charge on any atom is 0.229 e. The van der Waals surface area contributed by atoms with Gasteiger partial charge in [-0.25, -0.2) is 4.98 Å². The number of aromatic nitrogens is 3. The average Bonchev–Trinajstić information content (AvgIpc) is 2.57. The summed E-state index contributed by atoms with van der Waals surface area (Å²) in [6, 6.07) is 15.5. The number of rotatable bonds is 5. The Bertz CT molecular complexity index is 731. The van der Waals surface area contributed by atoms with Gasteiger partial charge < -0.3 is 10.6 Å². The van der Waals surface area contributed by atoms with E-state index in [1.54, 1.807) is 12.4 Å². The van der Waals surface area contributed by atoms with Crippen LogP contribution >= 0.6 is 15.9 Å². The molecule has 0 fully saturated rings. The molecule has 22 heavy (non-hydrogen) atoms. The Morgan fingerprint density at radius 1 is 0.909 bits per heavy atom. The molecular formula is C16H14BrN5. The zero-order valence-electron chi connectivity index (χ0n) is 11.7. The number of nitrogens with zero attached hydrogens (tertiary/aromatic N) is 3. The summed E-state index contributed by atoms with van der Waals surface area (Å²) in [5, 5.41) is 6.41. The Balaban J connectivity index is 1.66. The van der Waals surface area contributed by atoms with Gasteiger partial charge in [0, 0.05) is 22.6 Å². The third-order valence-electron chi connectivity index (χ3n) is 2.93. The molecule has 0 aliphatic carbocycles. The van der Waals surface area contributed by atoms with Gasteiger partial charge in [-0.3, -0.25) is 4.98 Å². The van der Waals surface area contributed by atoms with Crippen LogP contribution in [0, 0.1) is 0 Å². The lowest BCUT2D eigenvalue weighted by Crippen LogP contribution is -2.05. The molecule has 0 atom stereocenters. The average molecular weight is 356 g/mol. The number of nitrogens with one attached hydrogen (secondary N) is 2. The third-order valence-corrected chi connectivity index (χ3v) is 3.46. The van der Waals surface area contributed by atoms with Gasteiger partial charge >= 0.3 is 0 Å². The van der Waals surface area contributed by atoms with Gasteiger partial charge in [0.25, 0.3) is 0 Å². The topological polar surface area (TPSA) is 62.7 Å². The van der Waals surface area contributed by atoms with Crippen molar-refractivity contribution in [3.63, 3.8) is 0 Å². The maximum atomic E-state index is 4.43. The Hall–Kier alpha value is -2.47. The third kappa shape index (κ3) is 4.02. The molecule has 2 aromatic heterocycles. The molecule has 0 spiro atoms. The minimum absolute atomic E-state index is 0.549. The minimum Gasteiger partial charge on any atom is -0.364 e. The van der Waals surface area contributed by atoms with E-state index in [0.29, 0.717) is 12.5 Å². The first-order chi connectivity index (χ1) is 10.8. The number of hydrogen-bond donors (Lipinski definition) is 2. The van der Waals surface area contributed by atoms with Gasteiger partial charge in [0.1, 0.15) is 5.82 Å². The molecule has 0 bridgehead atoms. The van der Waals surface area contributed by atoms with Gasteiger partial charge in [0.05, 0.1) is 12.2 Å². The summed E-state index contributed by atoms with van der Waals surface area (Å²) >= 11 is 3.41. The van der Waals surface area contributed by atoms with Crippen molar-refractivity contribution in [3.05, 3.63) is 71.1 Å². The first-order valence-corrected chi connectivity index (χ1v) is 7.58. The molecule has 6 heteroatoms. The number of hydrogen-bond acceptors (Lipinski definition) is 5. The second-order valence-corrected chi connectivity index (χ2v) is 5.49.